The van der Waals surface area contributed by atoms with Gasteiger partial charge in [0.1, 0.15) is 6.29 Å². The van der Waals surface area contributed by atoms with Crippen molar-refractivity contribution in [2.75, 3.05) is 7.05 Å². The molecular weight excluding hydrogens is 336 g/mol. The van der Waals surface area contributed by atoms with Crippen molar-refractivity contribution in [2.45, 2.75) is 45.7 Å². The van der Waals surface area contributed by atoms with Crippen molar-refractivity contribution in [1.82, 2.24) is 9.80 Å². The molecule has 0 saturated carbocycles. The summed E-state index contributed by atoms with van der Waals surface area (Å²) in [7, 11) is 1.63. The maximum absolute atomic E-state index is 12.9. The molecule has 1 aliphatic rings. The summed E-state index contributed by atoms with van der Waals surface area (Å²) >= 11 is 0. The standard InChI is InChI=1S/C19H22N2O5/c1-4-16(24)20(3)11-13-7-5-8-14-17(13)19(26)21(18(14)25)15(12(2)23)9-6-10-22/h5,7-8,10,15H,4,6,9,11H2,1-3H3. The molecule has 1 atom stereocenters. The predicted octanol–water partition coefficient (Wildman–Crippen LogP) is 1.59. The van der Waals surface area contributed by atoms with Gasteiger partial charge >= 0.3 is 0 Å². The molecule has 7 heteroatoms. The monoisotopic (exact) mass is 358 g/mol. The number of hydrogen-bond acceptors (Lipinski definition) is 5. The lowest BCUT2D eigenvalue weighted by Crippen LogP contribution is -2.44. The Hall–Kier alpha value is -2.83. The molecule has 1 aliphatic heterocycles. The first kappa shape index (κ1) is 19.5. The number of carbonyl (C=O) groups excluding carboxylic acids is 5. The number of amides is 3. The van der Waals surface area contributed by atoms with Crippen LogP contribution in [0.2, 0.25) is 0 Å². The fourth-order valence-electron chi connectivity index (χ4n) is 3.14. The van der Waals surface area contributed by atoms with Gasteiger partial charge in [0, 0.05) is 26.4 Å². The summed E-state index contributed by atoms with van der Waals surface area (Å²) in [5.74, 6) is -1.52. The van der Waals surface area contributed by atoms with Crippen LogP contribution in [0.25, 0.3) is 0 Å². The van der Waals surface area contributed by atoms with E-state index in [2.05, 4.69) is 0 Å². The van der Waals surface area contributed by atoms with Crippen LogP contribution in [0.15, 0.2) is 18.2 Å². The van der Waals surface area contributed by atoms with Crippen molar-refractivity contribution in [3.63, 3.8) is 0 Å². The van der Waals surface area contributed by atoms with E-state index in [-0.39, 0.29) is 42.2 Å². The van der Waals surface area contributed by atoms with E-state index in [0.717, 1.165) is 4.90 Å². The van der Waals surface area contributed by atoms with E-state index in [1.165, 1.54) is 17.9 Å². The van der Waals surface area contributed by atoms with Crippen molar-refractivity contribution in [2.24, 2.45) is 0 Å². The van der Waals surface area contributed by atoms with Crippen molar-refractivity contribution in [3.8, 4) is 0 Å². The Balaban J connectivity index is 2.40. The van der Waals surface area contributed by atoms with E-state index < -0.39 is 17.9 Å². The fourth-order valence-corrected chi connectivity index (χ4v) is 3.14. The number of hydrogen-bond donors (Lipinski definition) is 0. The average Bonchev–Trinajstić information content (AvgIpc) is 2.87. The van der Waals surface area contributed by atoms with Gasteiger partial charge in [-0.2, -0.15) is 0 Å². The van der Waals surface area contributed by atoms with E-state index in [1.54, 1.807) is 26.1 Å². The maximum atomic E-state index is 12.9. The molecule has 26 heavy (non-hydrogen) atoms. The molecule has 0 aromatic heterocycles. The largest absolute Gasteiger partial charge is 0.341 e. The summed E-state index contributed by atoms with van der Waals surface area (Å²) < 4.78 is 0. The van der Waals surface area contributed by atoms with Crippen molar-refractivity contribution < 1.29 is 24.0 Å². The lowest BCUT2D eigenvalue weighted by atomic mass is 10.0. The summed E-state index contributed by atoms with van der Waals surface area (Å²) in [5, 5.41) is 0. The van der Waals surface area contributed by atoms with Gasteiger partial charge in [0.15, 0.2) is 5.78 Å². The van der Waals surface area contributed by atoms with Crippen LogP contribution in [-0.2, 0) is 20.9 Å². The SMILES string of the molecule is CCC(=O)N(C)Cc1cccc2c1C(=O)N(C(CCC=O)C(C)=O)C2=O. The zero-order valence-electron chi connectivity index (χ0n) is 15.2. The Kier molecular flexibility index (Phi) is 6.02. The first-order valence-electron chi connectivity index (χ1n) is 8.51. The number of Topliss-reactive ketones (excluding diaryl/α,β-unsaturated/α-hetero) is 1. The molecule has 7 nitrogen and oxygen atoms in total. The normalized spacial score (nSPS) is 14.2. The minimum absolute atomic E-state index is 0.0798. The summed E-state index contributed by atoms with van der Waals surface area (Å²) in [4.78, 5) is 62.5. The smallest absolute Gasteiger partial charge is 0.262 e. The van der Waals surface area contributed by atoms with Crippen LogP contribution in [0.4, 0.5) is 0 Å². The second-order valence-electron chi connectivity index (χ2n) is 6.29. The van der Waals surface area contributed by atoms with Crippen LogP contribution < -0.4 is 0 Å². The highest BCUT2D eigenvalue weighted by Crippen LogP contribution is 2.29. The number of fused-ring (bicyclic) bond motifs is 1. The molecule has 1 aromatic carbocycles. The van der Waals surface area contributed by atoms with E-state index in [1.807, 2.05) is 0 Å². The second-order valence-corrected chi connectivity index (χ2v) is 6.29. The van der Waals surface area contributed by atoms with Crippen molar-refractivity contribution in [3.05, 3.63) is 34.9 Å². The van der Waals surface area contributed by atoms with Crippen molar-refractivity contribution >= 4 is 29.8 Å². The molecule has 0 aliphatic carbocycles. The zero-order valence-corrected chi connectivity index (χ0v) is 15.2. The van der Waals surface area contributed by atoms with Gasteiger partial charge in [-0.15, -0.1) is 0 Å². The Morgan fingerprint density at radius 2 is 1.92 bits per heavy atom. The molecule has 2 rings (SSSR count). The fraction of sp³-hybridized carbons (Fsp3) is 0.421. The van der Waals surface area contributed by atoms with Gasteiger partial charge in [0.05, 0.1) is 17.2 Å². The molecule has 0 radical (unpaired) electrons. The Morgan fingerprint density at radius 1 is 1.23 bits per heavy atom. The molecule has 0 spiro atoms. The average molecular weight is 358 g/mol. The minimum Gasteiger partial charge on any atom is -0.341 e. The Bertz CT molecular complexity index is 771. The summed E-state index contributed by atoms with van der Waals surface area (Å²) in [6, 6.07) is 3.93. The van der Waals surface area contributed by atoms with Crippen LogP contribution in [0, 0.1) is 0 Å². The molecule has 1 heterocycles. The minimum atomic E-state index is -0.963. The van der Waals surface area contributed by atoms with Gasteiger partial charge in [0.2, 0.25) is 5.91 Å². The van der Waals surface area contributed by atoms with Gasteiger partial charge in [-0.25, -0.2) is 0 Å². The van der Waals surface area contributed by atoms with Crippen molar-refractivity contribution in [1.29, 1.82) is 0 Å². The van der Waals surface area contributed by atoms with Gasteiger partial charge in [-0.1, -0.05) is 19.1 Å². The third-order valence-corrected chi connectivity index (χ3v) is 4.51. The first-order chi connectivity index (χ1) is 12.3. The number of imide groups is 1. The number of carbonyl (C=O) groups is 5. The molecule has 0 saturated heterocycles. The Labute approximate surface area is 151 Å². The number of ketones is 1. The maximum Gasteiger partial charge on any atom is 0.262 e. The second kappa shape index (κ2) is 8.03. The third-order valence-electron chi connectivity index (χ3n) is 4.51. The van der Waals surface area contributed by atoms with Crippen LogP contribution in [0.1, 0.15) is 59.4 Å². The van der Waals surface area contributed by atoms with E-state index in [9.17, 15) is 24.0 Å². The highest BCUT2D eigenvalue weighted by Gasteiger charge is 2.42. The van der Waals surface area contributed by atoms with E-state index >= 15 is 0 Å². The number of aldehydes is 1. The molecular formula is C19H22N2O5. The number of nitrogens with zero attached hydrogens (tertiary/aromatic N) is 2. The quantitative estimate of drug-likeness (QED) is 0.520. The summed E-state index contributed by atoms with van der Waals surface area (Å²) in [5.41, 5.74) is 1.01. The molecule has 0 N–H and O–H groups in total. The van der Waals surface area contributed by atoms with Crippen LogP contribution in [0.3, 0.4) is 0 Å². The highest BCUT2D eigenvalue weighted by molar-refractivity contribution is 6.23. The van der Waals surface area contributed by atoms with Gasteiger partial charge in [0.25, 0.3) is 11.8 Å². The summed E-state index contributed by atoms with van der Waals surface area (Å²) in [6.45, 7) is 3.24. The van der Waals surface area contributed by atoms with E-state index in [0.29, 0.717) is 18.3 Å². The van der Waals surface area contributed by atoms with Crippen LogP contribution >= 0.6 is 0 Å². The predicted molar refractivity (Wildman–Crippen MR) is 93.5 cm³/mol. The lowest BCUT2D eigenvalue weighted by molar-refractivity contribution is -0.130. The molecule has 3 amide bonds. The molecule has 138 valence electrons. The first-order valence-corrected chi connectivity index (χ1v) is 8.51. The van der Waals surface area contributed by atoms with E-state index in [4.69, 9.17) is 0 Å². The van der Waals surface area contributed by atoms with Gasteiger partial charge in [-0.05, 0) is 25.0 Å². The molecule has 1 unspecified atom stereocenters. The molecule has 0 bridgehead atoms. The summed E-state index contributed by atoms with van der Waals surface area (Å²) in [6.07, 6.45) is 1.18. The van der Waals surface area contributed by atoms with Crippen LogP contribution in [-0.4, -0.2) is 52.7 Å². The molecule has 0 fully saturated rings. The van der Waals surface area contributed by atoms with Crippen LogP contribution in [0.5, 0.6) is 0 Å². The van der Waals surface area contributed by atoms with Gasteiger partial charge < -0.3 is 9.69 Å². The lowest BCUT2D eigenvalue weighted by Gasteiger charge is -2.23. The number of benzene rings is 1. The van der Waals surface area contributed by atoms with Gasteiger partial charge in [-0.3, -0.25) is 24.1 Å². The molecule has 1 aromatic rings. The third kappa shape index (κ3) is 3.56. The zero-order chi connectivity index (χ0) is 19.4. The Morgan fingerprint density at radius 3 is 2.50 bits per heavy atom. The topological polar surface area (TPSA) is 91.8 Å². The number of rotatable bonds is 8. The highest BCUT2D eigenvalue weighted by atomic mass is 16.2.